The van der Waals surface area contributed by atoms with Crippen molar-refractivity contribution in [3.63, 3.8) is 0 Å². The molecule has 37 heavy (non-hydrogen) atoms. The van der Waals surface area contributed by atoms with Crippen LogP contribution in [-0.4, -0.2) is 47.7 Å². The molecule has 2 aromatic carbocycles. The van der Waals surface area contributed by atoms with Gasteiger partial charge in [-0.05, 0) is 54.0 Å². The number of carbonyl (C=O) groups is 1. The van der Waals surface area contributed by atoms with Crippen LogP contribution in [0, 0.1) is 11.8 Å². The molecule has 1 saturated heterocycles. The molecule has 2 aliphatic rings. The van der Waals surface area contributed by atoms with Gasteiger partial charge in [0.1, 0.15) is 5.56 Å². The lowest BCUT2D eigenvalue weighted by Gasteiger charge is -2.35. The molecule has 1 fully saturated rings. The number of rotatable bonds is 5. The third-order valence-corrected chi connectivity index (χ3v) is 9.34. The number of carbonyl (C=O) groups excluding carboxylic acids is 1. The van der Waals surface area contributed by atoms with Gasteiger partial charge in [0.05, 0.1) is 10.4 Å². The van der Waals surface area contributed by atoms with Crippen LogP contribution in [0.1, 0.15) is 41.8 Å². The molecule has 0 aliphatic carbocycles. The number of benzene rings is 2. The standard InChI is InChI=1S/C29H33N3O4S/c1-4-12-30-19-26(29(34)31-16-20(2)14-21(3)17-31)28(33)25-15-24(9-10-27(25)30)37(35,36)32-13-11-22-7-5-6-8-23(22)18-32/h4-10,15,19-21H,1,11-14,16-18H2,2-3H3/t20-,21-/m1/s1. The Balaban J connectivity index is 1.57. The largest absolute Gasteiger partial charge is 0.343 e. The molecule has 3 heterocycles. The SMILES string of the molecule is C=CCn1cc(C(=O)N2C[C@H](C)C[C@@H](C)C2)c(=O)c2cc(S(=O)(=O)N3CCc4ccccc4C3)ccc21. The summed E-state index contributed by atoms with van der Waals surface area (Å²) >= 11 is 0. The molecule has 0 unspecified atom stereocenters. The summed E-state index contributed by atoms with van der Waals surface area (Å²) in [5.41, 5.74) is 2.35. The average Bonchev–Trinajstić information content (AvgIpc) is 2.89. The Morgan fingerprint density at radius 2 is 1.78 bits per heavy atom. The van der Waals surface area contributed by atoms with Crippen LogP contribution in [0.15, 0.2) is 71.0 Å². The second kappa shape index (κ2) is 9.91. The van der Waals surface area contributed by atoms with Crippen LogP contribution < -0.4 is 5.43 Å². The van der Waals surface area contributed by atoms with Gasteiger partial charge in [-0.2, -0.15) is 4.31 Å². The Labute approximate surface area is 218 Å². The Hall–Kier alpha value is -3.23. The highest BCUT2D eigenvalue weighted by Gasteiger charge is 2.31. The molecular formula is C29H33N3O4S. The predicted octanol–water partition coefficient (Wildman–Crippen LogP) is 4.05. The fourth-order valence-electron chi connectivity index (χ4n) is 5.80. The minimum atomic E-state index is -3.84. The molecular weight excluding hydrogens is 486 g/mol. The van der Waals surface area contributed by atoms with Crippen LogP contribution in [-0.2, 0) is 29.5 Å². The average molecular weight is 520 g/mol. The fourth-order valence-corrected chi connectivity index (χ4v) is 7.25. The van der Waals surface area contributed by atoms with Gasteiger partial charge in [0, 0.05) is 44.3 Å². The molecule has 1 amide bonds. The number of amides is 1. The first-order valence-electron chi connectivity index (χ1n) is 12.8. The van der Waals surface area contributed by atoms with Crippen molar-refractivity contribution in [1.82, 2.24) is 13.8 Å². The van der Waals surface area contributed by atoms with Crippen LogP contribution in [0.4, 0.5) is 0 Å². The number of hydrogen-bond donors (Lipinski definition) is 0. The van der Waals surface area contributed by atoms with E-state index in [9.17, 15) is 18.0 Å². The van der Waals surface area contributed by atoms with E-state index < -0.39 is 15.5 Å². The lowest BCUT2D eigenvalue weighted by molar-refractivity contribution is 0.0621. The number of fused-ring (bicyclic) bond motifs is 2. The van der Waals surface area contributed by atoms with E-state index in [0.29, 0.717) is 56.5 Å². The predicted molar refractivity (Wildman–Crippen MR) is 145 cm³/mol. The molecule has 0 N–H and O–H groups in total. The van der Waals surface area contributed by atoms with Crippen molar-refractivity contribution in [3.05, 3.63) is 88.2 Å². The van der Waals surface area contributed by atoms with Crippen LogP contribution in [0.3, 0.4) is 0 Å². The molecule has 0 spiro atoms. The Bertz CT molecular complexity index is 1530. The summed E-state index contributed by atoms with van der Waals surface area (Å²) < 4.78 is 30.5. The number of nitrogens with zero attached hydrogens (tertiary/aromatic N) is 3. The van der Waals surface area contributed by atoms with Gasteiger partial charge >= 0.3 is 0 Å². The van der Waals surface area contributed by atoms with E-state index in [1.54, 1.807) is 33.9 Å². The molecule has 3 aromatic rings. The van der Waals surface area contributed by atoms with E-state index in [4.69, 9.17) is 0 Å². The summed E-state index contributed by atoms with van der Waals surface area (Å²) in [6, 6.07) is 12.5. The van der Waals surface area contributed by atoms with Gasteiger partial charge in [-0.1, -0.05) is 44.2 Å². The van der Waals surface area contributed by atoms with Gasteiger partial charge < -0.3 is 9.47 Å². The summed E-state index contributed by atoms with van der Waals surface area (Å²) in [5.74, 6) is 0.411. The first kappa shape index (κ1) is 25.4. The van der Waals surface area contributed by atoms with Crippen molar-refractivity contribution in [1.29, 1.82) is 0 Å². The lowest BCUT2D eigenvalue weighted by atomic mass is 9.91. The highest BCUT2D eigenvalue weighted by atomic mass is 32.2. The van der Waals surface area contributed by atoms with Crippen molar-refractivity contribution in [2.45, 2.75) is 44.7 Å². The van der Waals surface area contributed by atoms with Gasteiger partial charge in [-0.3, -0.25) is 9.59 Å². The number of hydrogen-bond acceptors (Lipinski definition) is 4. The molecule has 2 atom stereocenters. The maximum absolute atomic E-state index is 13.7. The quantitative estimate of drug-likeness (QED) is 0.477. The number of pyridine rings is 1. The molecule has 8 heteroatoms. The van der Waals surface area contributed by atoms with E-state index in [-0.39, 0.29) is 21.8 Å². The Kier molecular flexibility index (Phi) is 6.81. The Morgan fingerprint density at radius 1 is 1.08 bits per heavy atom. The minimum Gasteiger partial charge on any atom is -0.343 e. The number of piperidine rings is 1. The van der Waals surface area contributed by atoms with E-state index >= 15 is 0 Å². The zero-order valence-corrected chi connectivity index (χ0v) is 22.2. The van der Waals surface area contributed by atoms with Crippen LogP contribution >= 0.6 is 0 Å². The van der Waals surface area contributed by atoms with Gasteiger partial charge in [0.15, 0.2) is 0 Å². The fraction of sp³-hybridized carbons (Fsp3) is 0.379. The van der Waals surface area contributed by atoms with E-state index in [2.05, 4.69) is 20.4 Å². The van der Waals surface area contributed by atoms with Gasteiger partial charge in [0.2, 0.25) is 15.5 Å². The monoisotopic (exact) mass is 519 g/mol. The van der Waals surface area contributed by atoms with Crippen molar-refractivity contribution in [3.8, 4) is 0 Å². The first-order chi connectivity index (χ1) is 17.7. The van der Waals surface area contributed by atoms with Crippen molar-refractivity contribution in [2.24, 2.45) is 11.8 Å². The molecule has 2 aliphatic heterocycles. The molecule has 5 rings (SSSR count). The number of sulfonamides is 1. The summed E-state index contributed by atoms with van der Waals surface area (Å²) in [6.45, 7) is 10.3. The van der Waals surface area contributed by atoms with Gasteiger partial charge in [0.25, 0.3) is 5.91 Å². The van der Waals surface area contributed by atoms with Crippen LogP contribution in [0.2, 0.25) is 0 Å². The maximum Gasteiger partial charge on any atom is 0.259 e. The van der Waals surface area contributed by atoms with E-state index in [1.165, 1.54) is 10.4 Å². The third-order valence-electron chi connectivity index (χ3n) is 7.50. The van der Waals surface area contributed by atoms with Crippen molar-refractivity contribution in [2.75, 3.05) is 19.6 Å². The maximum atomic E-state index is 13.7. The smallest absolute Gasteiger partial charge is 0.259 e. The summed E-state index contributed by atoms with van der Waals surface area (Å²) in [6.07, 6.45) is 4.97. The molecule has 0 radical (unpaired) electrons. The van der Waals surface area contributed by atoms with Crippen LogP contribution in [0.25, 0.3) is 10.9 Å². The van der Waals surface area contributed by atoms with Crippen LogP contribution in [0.5, 0.6) is 0 Å². The van der Waals surface area contributed by atoms with Crippen molar-refractivity contribution < 1.29 is 13.2 Å². The summed E-state index contributed by atoms with van der Waals surface area (Å²) in [5, 5.41) is 0.226. The number of aromatic nitrogens is 1. The first-order valence-corrected chi connectivity index (χ1v) is 14.3. The molecule has 0 bridgehead atoms. The van der Waals surface area contributed by atoms with E-state index in [1.807, 2.05) is 24.3 Å². The van der Waals surface area contributed by atoms with Crippen molar-refractivity contribution >= 4 is 26.8 Å². The van der Waals surface area contributed by atoms with E-state index in [0.717, 1.165) is 17.5 Å². The molecule has 7 nitrogen and oxygen atoms in total. The third kappa shape index (κ3) is 4.76. The number of allylic oxidation sites excluding steroid dienone is 1. The molecule has 194 valence electrons. The number of likely N-dealkylation sites (tertiary alicyclic amines) is 1. The highest BCUT2D eigenvalue weighted by molar-refractivity contribution is 7.89. The minimum absolute atomic E-state index is 0.0615. The highest BCUT2D eigenvalue weighted by Crippen LogP contribution is 2.27. The summed E-state index contributed by atoms with van der Waals surface area (Å²) in [4.78, 5) is 29.0. The van der Waals surface area contributed by atoms with Gasteiger partial charge in [-0.25, -0.2) is 8.42 Å². The zero-order chi connectivity index (χ0) is 26.3. The topological polar surface area (TPSA) is 79.7 Å². The Morgan fingerprint density at radius 3 is 2.49 bits per heavy atom. The molecule has 1 aromatic heterocycles. The normalized spacial score (nSPS) is 20.5. The molecule has 0 saturated carbocycles. The van der Waals surface area contributed by atoms with Gasteiger partial charge in [-0.15, -0.1) is 6.58 Å². The second-order valence-electron chi connectivity index (χ2n) is 10.5. The summed E-state index contributed by atoms with van der Waals surface area (Å²) in [7, 11) is -3.84. The lowest BCUT2D eigenvalue weighted by Crippen LogP contribution is -2.44. The zero-order valence-electron chi connectivity index (χ0n) is 21.4. The second-order valence-corrected chi connectivity index (χ2v) is 12.4.